The minimum absolute atomic E-state index is 0. The van der Waals surface area contributed by atoms with Gasteiger partial charge in [-0.3, -0.25) is 0 Å². The van der Waals surface area contributed by atoms with E-state index in [1.54, 1.807) is 11.8 Å². The van der Waals surface area contributed by atoms with Gasteiger partial charge in [-0.05, 0) is 23.8 Å². The Morgan fingerprint density at radius 2 is 1.79 bits per heavy atom. The fourth-order valence-electron chi connectivity index (χ4n) is 1.72. The second kappa shape index (κ2) is 6.33. The van der Waals surface area contributed by atoms with E-state index in [2.05, 4.69) is 31.8 Å². The van der Waals surface area contributed by atoms with Crippen molar-refractivity contribution >= 4 is 45.5 Å². The van der Waals surface area contributed by atoms with Gasteiger partial charge in [-0.2, -0.15) is 0 Å². The van der Waals surface area contributed by atoms with Gasteiger partial charge in [0.1, 0.15) is 0 Å². The molecule has 19 heavy (non-hydrogen) atoms. The van der Waals surface area contributed by atoms with E-state index in [0.29, 0.717) is 5.17 Å². The molecule has 0 fully saturated rings. The van der Waals surface area contributed by atoms with E-state index in [1.165, 1.54) is 5.56 Å². The summed E-state index contributed by atoms with van der Waals surface area (Å²) in [5.41, 5.74) is 8.17. The average Bonchev–Trinajstić information content (AvgIpc) is 2.28. The van der Waals surface area contributed by atoms with Crippen molar-refractivity contribution in [2.45, 2.75) is 26.0 Å². The van der Waals surface area contributed by atoms with Gasteiger partial charge in [-0.25, -0.2) is 4.99 Å². The van der Waals surface area contributed by atoms with E-state index in [-0.39, 0.29) is 27.6 Å². The molecule has 0 aromatic heterocycles. The molecule has 104 valence electrons. The normalized spacial score (nSPS) is 19.3. The van der Waals surface area contributed by atoms with Crippen molar-refractivity contribution < 1.29 is 0 Å². The van der Waals surface area contributed by atoms with Crippen molar-refractivity contribution in [2.24, 2.45) is 16.1 Å². The Morgan fingerprint density at radius 3 is 2.32 bits per heavy atom. The first-order valence-corrected chi connectivity index (χ1v) is 7.10. The van der Waals surface area contributed by atoms with Crippen LogP contribution in [0.1, 0.15) is 31.6 Å². The number of amidine groups is 1. The maximum atomic E-state index is 5.93. The Morgan fingerprint density at radius 1 is 1.21 bits per heavy atom. The van der Waals surface area contributed by atoms with Crippen LogP contribution in [0.25, 0.3) is 0 Å². The van der Waals surface area contributed by atoms with E-state index < -0.39 is 0 Å². The molecule has 0 saturated carbocycles. The third kappa shape index (κ3) is 4.26. The number of nitrogens with two attached hydrogens (primary N) is 1. The van der Waals surface area contributed by atoms with Crippen molar-refractivity contribution in [3.63, 3.8) is 0 Å². The molecule has 1 aromatic rings. The molecular weight excluding hydrogens is 344 g/mol. The minimum atomic E-state index is 0. The van der Waals surface area contributed by atoms with Gasteiger partial charge in [0, 0.05) is 16.1 Å². The average molecular weight is 362 g/mol. The smallest absolute Gasteiger partial charge is 0.159 e. The first-order chi connectivity index (χ1) is 8.36. The van der Waals surface area contributed by atoms with Gasteiger partial charge < -0.3 is 5.73 Å². The highest BCUT2D eigenvalue weighted by atomic mass is 79.9. The minimum Gasteiger partial charge on any atom is -0.378 e. The van der Waals surface area contributed by atoms with Crippen molar-refractivity contribution in [3.8, 4) is 0 Å². The zero-order valence-corrected chi connectivity index (χ0v) is 14.5. The molecule has 0 bridgehead atoms. The van der Waals surface area contributed by atoms with Gasteiger partial charge in [0.2, 0.25) is 0 Å². The number of rotatable bonds is 1. The summed E-state index contributed by atoms with van der Waals surface area (Å²) in [6.45, 7) is 6.43. The second-order valence-corrected chi connectivity index (χ2v) is 6.94. The van der Waals surface area contributed by atoms with E-state index in [0.717, 1.165) is 10.7 Å². The molecule has 1 aliphatic heterocycles. The molecule has 0 amide bonds. The third-order valence-corrected chi connectivity index (χ3v) is 4.00. The monoisotopic (exact) mass is 360 g/mol. The number of aliphatic imine (C=N–C) groups is 1. The van der Waals surface area contributed by atoms with Gasteiger partial charge in [0.05, 0.1) is 5.25 Å². The maximum absolute atomic E-state index is 5.93. The number of allylic oxidation sites excluding steroid dienone is 1. The summed E-state index contributed by atoms with van der Waals surface area (Å²) < 4.78 is 0. The van der Waals surface area contributed by atoms with E-state index >= 15 is 0 Å². The third-order valence-electron chi connectivity index (χ3n) is 2.75. The topological polar surface area (TPSA) is 38.4 Å². The van der Waals surface area contributed by atoms with Crippen LogP contribution in [0, 0.1) is 5.41 Å². The lowest BCUT2D eigenvalue weighted by Gasteiger charge is -2.26. The zero-order valence-electron chi connectivity index (χ0n) is 11.2. The summed E-state index contributed by atoms with van der Waals surface area (Å²) in [5.74, 6) is 0. The predicted molar refractivity (Wildman–Crippen MR) is 91.3 cm³/mol. The van der Waals surface area contributed by atoms with Crippen LogP contribution < -0.4 is 5.73 Å². The van der Waals surface area contributed by atoms with Crippen molar-refractivity contribution in [1.29, 1.82) is 0 Å². The molecule has 0 aliphatic carbocycles. The molecule has 0 saturated heterocycles. The number of halogens is 2. The standard InChI is InChI=1S/C14H17ClN2S.BrH/c1-14(2,3)12-8-11(18-13(16)17-12)9-4-6-10(15)7-5-9;/h4-8,11H,1-3H3,(H2,16,17);1H. The Kier molecular flexibility index (Phi) is 5.53. The Labute approximate surface area is 134 Å². The zero-order chi connectivity index (χ0) is 13.3. The summed E-state index contributed by atoms with van der Waals surface area (Å²) in [7, 11) is 0. The number of benzene rings is 1. The number of hydrogen-bond donors (Lipinski definition) is 1. The molecule has 2 nitrogen and oxygen atoms in total. The lowest BCUT2D eigenvalue weighted by molar-refractivity contribution is 0.496. The summed E-state index contributed by atoms with van der Waals surface area (Å²) in [4.78, 5) is 4.44. The fourth-order valence-corrected chi connectivity index (χ4v) is 2.75. The lowest BCUT2D eigenvalue weighted by atomic mass is 9.91. The van der Waals surface area contributed by atoms with Crippen molar-refractivity contribution in [2.75, 3.05) is 0 Å². The van der Waals surface area contributed by atoms with E-state index in [1.807, 2.05) is 24.3 Å². The van der Waals surface area contributed by atoms with Crippen LogP contribution in [0.4, 0.5) is 0 Å². The van der Waals surface area contributed by atoms with E-state index in [4.69, 9.17) is 17.3 Å². The summed E-state index contributed by atoms with van der Waals surface area (Å²) >= 11 is 7.48. The largest absolute Gasteiger partial charge is 0.378 e. The molecule has 0 radical (unpaired) electrons. The SMILES string of the molecule is Br.CC(C)(C)C1=CC(c2ccc(Cl)cc2)SC(N)=N1. The first kappa shape index (κ1) is 16.6. The summed E-state index contributed by atoms with van der Waals surface area (Å²) in [6.07, 6.45) is 2.18. The van der Waals surface area contributed by atoms with Crippen molar-refractivity contribution in [1.82, 2.24) is 0 Å². The highest BCUT2D eigenvalue weighted by Crippen LogP contribution is 2.40. The molecule has 1 heterocycles. The van der Waals surface area contributed by atoms with Crippen LogP contribution in [0.3, 0.4) is 0 Å². The molecule has 1 aromatic carbocycles. The molecular formula is C14H18BrClN2S. The highest BCUT2D eigenvalue weighted by Gasteiger charge is 2.24. The van der Waals surface area contributed by atoms with Crippen molar-refractivity contribution in [3.05, 3.63) is 46.6 Å². The van der Waals surface area contributed by atoms with Gasteiger partial charge in [-0.1, -0.05) is 56.3 Å². The Balaban J connectivity index is 0.00000180. The number of hydrogen-bond acceptors (Lipinski definition) is 3. The molecule has 5 heteroatoms. The molecule has 2 rings (SSSR count). The van der Waals surface area contributed by atoms with Crippen LogP contribution in [0.15, 0.2) is 41.0 Å². The van der Waals surface area contributed by atoms with Crippen LogP contribution >= 0.6 is 40.3 Å². The molecule has 1 atom stereocenters. The second-order valence-electron chi connectivity index (χ2n) is 5.34. The number of nitrogens with zero attached hydrogens (tertiary/aromatic N) is 1. The molecule has 2 N–H and O–H groups in total. The maximum Gasteiger partial charge on any atom is 0.159 e. The van der Waals surface area contributed by atoms with E-state index in [9.17, 15) is 0 Å². The first-order valence-electron chi connectivity index (χ1n) is 5.85. The predicted octanol–water partition coefficient (Wildman–Crippen LogP) is 4.95. The van der Waals surface area contributed by atoms with Crippen LogP contribution in [0.2, 0.25) is 5.02 Å². The van der Waals surface area contributed by atoms with Crippen LogP contribution in [-0.4, -0.2) is 5.17 Å². The Hall–Kier alpha value is -0.450. The van der Waals surface area contributed by atoms with Gasteiger partial charge in [0.15, 0.2) is 5.17 Å². The highest BCUT2D eigenvalue weighted by molar-refractivity contribution is 8.93. The fraction of sp³-hybridized carbons (Fsp3) is 0.357. The summed E-state index contributed by atoms with van der Waals surface area (Å²) in [6, 6.07) is 7.89. The Bertz CT molecular complexity index is 503. The molecule has 0 spiro atoms. The lowest BCUT2D eigenvalue weighted by Crippen LogP contribution is -2.18. The molecule has 1 aliphatic rings. The van der Waals surface area contributed by atoms with Gasteiger partial charge in [-0.15, -0.1) is 17.0 Å². The van der Waals surface area contributed by atoms with Crippen LogP contribution in [0.5, 0.6) is 0 Å². The van der Waals surface area contributed by atoms with Crippen LogP contribution in [-0.2, 0) is 0 Å². The van der Waals surface area contributed by atoms with Gasteiger partial charge in [0.25, 0.3) is 0 Å². The number of thioether (sulfide) groups is 1. The summed E-state index contributed by atoms with van der Waals surface area (Å²) in [5, 5.41) is 1.59. The quantitative estimate of drug-likeness (QED) is 0.768. The van der Waals surface area contributed by atoms with Gasteiger partial charge >= 0.3 is 0 Å². The molecule has 1 unspecified atom stereocenters.